The quantitative estimate of drug-likeness (QED) is 0.678. The SMILES string of the molecule is COC(=O)c1cc(=O)oc2c(Cl)cc(NC(C)=O)cc12. The van der Waals surface area contributed by atoms with E-state index in [-0.39, 0.29) is 27.5 Å². The molecule has 2 rings (SSSR count). The van der Waals surface area contributed by atoms with Gasteiger partial charge in [-0.15, -0.1) is 0 Å². The predicted octanol–water partition coefficient (Wildman–Crippen LogP) is 2.19. The second-order valence-corrected chi connectivity index (χ2v) is 4.39. The smallest absolute Gasteiger partial charge is 0.338 e. The van der Waals surface area contributed by atoms with E-state index in [0.717, 1.165) is 6.07 Å². The third-order valence-corrected chi connectivity index (χ3v) is 2.81. The molecule has 1 heterocycles. The second kappa shape index (κ2) is 5.34. The van der Waals surface area contributed by atoms with E-state index < -0.39 is 11.6 Å². The first-order chi connectivity index (χ1) is 9.42. The van der Waals surface area contributed by atoms with Gasteiger partial charge in [0.15, 0.2) is 5.58 Å². The molecule has 0 unspecified atom stereocenters. The van der Waals surface area contributed by atoms with Crippen LogP contribution in [0.4, 0.5) is 5.69 Å². The molecule has 0 aliphatic rings. The number of amides is 1. The van der Waals surface area contributed by atoms with Crippen molar-refractivity contribution in [2.75, 3.05) is 12.4 Å². The minimum Gasteiger partial charge on any atom is -0.465 e. The van der Waals surface area contributed by atoms with Crippen LogP contribution < -0.4 is 10.9 Å². The molecule has 1 amide bonds. The Morgan fingerprint density at radius 3 is 2.60 bits per heavy atom. The molecule has 0 saturated heterocycles. The second-order valence-electron chi connectivity index (χ2n) is 3.99. The van der Waals surface area contributed by atoms with Gasteiger partial charge in [-0.2, -0.15) is 0 Å². The zero-order valence-electron chi connectivity index (χ0n) is 10.7. The number of nitrogens with one attached hydrogen (secondary N) is 1. The highest BCUT2D eigenvalue weighted by molar-refractivity contribution is 6.35. The van der Waals surface area contributed by atoms with Gasteiger partial charge >= 0.3 is 11.6 Å². The summed E-state index contributed by atoms with van der Waals surface area (Å²) in [6.45, 7) is 1.34. The molecule has 0 fully saturated rings. The van der Waals surface area contributed by atoms with Gasteiger partial charge in [-0.1, -0.05) is 11.6 Å². The van der Waals surface area contributed by atoms with E-state index in [1.165, 1.54) is 26.2 Å². The maximum atomic E-state index is 11.7. The zero-order chi connectivity index (χ0) is 14.9. The summed E-state index contributed by atoms with van der Waals surface area (Å²) in [7, 11) is 1.20. The van der Waals surface area contributed by atoms with Crippen molar-refractivity contribution in [2.24, 2.45) is 0 Å². The molecule has 1 aromatic heterocycles. The molecule has 0 aliphatic heterocycles. The number of carbonyl (C=O) groups excluding carboxylic acids is 2. The average molecular weight is 296 g/mol. The van der Waals surface area contributed by atoms with Gasteiger partial charge in [-0.05, 0) is 12.1 Å². The number of hydrogen-bond donors (Lipinski definition) is 1. The molecule has 0 spiro atoms. The fourth-order valence-electron chi connectivity index (χ4n) is 1.78. The Kier molecular flexibility index (Phi) is 3.76. The number of anilines is 1. The summed E-state index contributed by atoms with van der Waals surface area (Å²) in [5.41, 5.74) is -0.248. The standard InChI is InChI=1S/C13H10ClNO5/c1-6(16)15-7-3-8-9(13(18)19-2)5-11(17)20-12(8)10(14)4-7/h3-5H,1-2H3,(H,15,16). The van der Waals surface area contributed by atoms with E-state index in [0.29, 0.717) is 5.69 Å². The normalized spacial score (nSPS) is 10.3. The fraction of sp³-hybridized carbons (Fsp3) is 0.154. The van der Waals surface area contributed by atoms with Crippen LogP contribution in [0.15, 0.2) is 27.4 Å². The molecule has 1 N–H and O–H groups in total. The van der Waals surface area contributed by atoms with Crippen LogP contribution in [0.3, 0.4) is 0 Å². The summed E-state index contributed by atoms with van der Waals surface area (Å²) < 4.78 is 9.59. The Bertz CT molecular complexity index is 765. The minimum atomic E-state index is -0.716. The summed E-state index contributed by atoms with van der Waals surface area (Å²) in [6, 6.07) is 3.93. The maximum Gasteiger partial charge on any atom is 0.338 e. The van der Waals surface area contributed by atoms with Gasteiger partial charge in [0, 0.05) is 24.1 Å². The van der Waals surface area contributed by atoms with Gasteiger partial charge in [-0.3, -0.25) is 4.79 Å². The molecular weight excluding hydrogens is 286 g/mol. The lowest BCUT2D eigenvalue weighted by Crippen LogP contribution is -2.10. The van der Waals surface area contributed by atoms with Gasteiger partial charge in [0.1, 0.15) is 0 Å². The molecule has 6 nitrogen and oxygen atoms in total. The Balaban J connectivity index is 2.78. The number of halogens is 1. The van der Waals surface area contributed by atoms with Crippen molar-refractivity contribution in [3.05, 3.63) is 39.2 Å². The minimum absolute atomic E-state index is 0.0212. The van der Waals surface area contributed by atoms with Crippen molar-refractivity contribution >= 4 is 40.1 Å². The van der Waals surface area contributed by atoms with Crippen LogP contribution in [0.5, 0.6) is 0 Å². The molecule has 7 heteroatoms. The Hall–Kier alpha value is -2.34. The van der Waals surface area contributed by atoms with E-state index in [9.17, 15) is 14.4 Å². The monoisotopic (exact) mass is 295 g/mol. The number of esters is 1. The van der Waals surface area contributed by atoms with Gasteiger partial charge in [0.2, 0.25) is 5.91 Å². The summed E-state index contributed by atoms with van der Waals surface area (Å²) in [5.74, 6) is -0.989. The molecule has 1 aromatic carbocycles. The summed E-state index contributed by atoms with van der Waals surface area (Å²) >= 11 is 6.00. The van der Waals surface area contributed by atoms with Crippen LogP contribution in [0.1, 0.15) is 17.3 Å². The highest BCUT2D eigenvalue weighted by atomic mass is 35.5. The number of carbonyl (C=O) groups is 2. The fourth-order valence-corrected chi connectivity index (χ4v) is 2.04. The first-order valence-corrected chi connectivity index (χ1v) is 5.93. The van der Waals surface area contributed by atoms with Crippen molar-refractivity contribution in [3.8, 4) is 0 Å². The van der Waals surface area contributed by atoms with E-state index in [4.69, 9.17) is 16.0 Å². The Morgan fingerprint density at radius 2 is 2.00 bits per heavy atom. The highest BCUT2D eigenvalue weighted by Gasteiger charge is 2.16. The predicted molar refractivity (Wildman–Crippen MR) is 73.1 cm³/mol. The molecule has 0 aliphatic carbocycles. The Labute approximate surface area is 118 Å². The van der Waals surface area contributed by atoms with Gasteiger partial charge < -0.3 is 14.5 Å². The van der Waals surface area contributed by atoms with Crippen LogP contribution >= 0.6 is 11.6 Å². The third kappa shape index (κ3) is 2.65. The molecule has 104 valence electrons. The lowest BCUT2D eigenvalue weighted by molar-refractivity contribution is -0.114. The van der Waals surface area contributed by atoms with Gasteiger partial charge in [0.05, 0.1) is 17.7 Å². The van der Waals surface area contributed by atoms with E-state index in [1.54, 1.807) is 0 Å². The summed E-state index contributed by atoms with van der Waals surface area (Å²) in [5, 5.41) is 2.93. The van der Waals surface area contributed by atoms with E-state index in [2.05, 4.69) is 10.1 Å². The number of ether oxygens (including phenoxy) is 1. The lowest BCUT2D eigenvalue weighted by atomic mass is 10.1. The third-order valence-electron chi connectivity index (χ3n) is 2.52. The largest absolute Gasteiger partial charge is 0.465 e. The molecule has 0 atom stereocenters. The highest BCUT2D eigenvalue weighted by Crippen LogP contribution is 2.29. The summed E-state index contributed by atoms with van der Waals surface area (Å²) in [6.07, 6.45) is 0. The van der Waals surface area contributed by atoms with Gasteiger partial charge in [-0.25, -0.2) is 9.59 Å². The first kappa shape index (κ1) is 14.1. The van der Waals surface area contributed by atoms with Crippen LogP contribution in [-0.4, -0.2) is 19.0 Å². The Morgan fingerprint density at radius 1 is 1.30 bits per heavy atom. The molecule has 0 bridgehead atoms. The maximum absolute atomic E-state index is 11.7. The molecular formula is C13H10ClNO5. The van der Waals surface area contributed by atoms with Crippen molar-refractivity contribution in [3.63, 3.8) is 0 Å². The topological polar surface area (TPSA) is 85.6 Å². The lowest BCUT2D eigenvalue weighted by Gasteiger charge is -2.08. The van der Waals surface area contributed by atoms with Crippen LogP contribution in [0, 0.1) is 0 Å². The van der Waals surface area contributed by atoms with Gasteiger partial charge in [0.25, 0.3) is 0 Å². The molecule has 0 saturated carbocycles. The van der Waals surface area contributed by atoms with Crippen LogP contribution in [-0.2, 0) is 9.53 Å². The van der Waals surface area contributed by atoms with E-state index in [1.807, 2.05) is 0 Å². The number of fused-ring (bicyclic) bond motifs is 1. The number of benzene rings is 1. The van der Waals surface area contributed by atoms with Crippen molar-refractivity contribution in [1.29, 1.82) is 0 Å². The van der Waals surface area contributed by atoms with E-state index >= 15 is 0 Å². The van der Waals surface area contributed by atoms with Crippen molar-refractivity contribution in [2.45, 2.75) is 6.92 Å². The molecule has 2 aromatic rings. The average Bonchev–Trinajstić information content (AvgIpc) is 2.37. The number of rotatable bonds is 2. The number of methoxy groups -OCH3 is 1. The molecule has 20 heavy (non-hydrogen) atoms. The first-order valence-electron chi connectivity index (χ1n) is 5.55. The van der Waals surface area contributed by atoms with Crippen LogP contribution in [0.2, 0.25) is 5.02 Å². The molecule has 0 radical (unpaired) electrons. The van der Waals surface area contributed by atoms with Crippen molar-refractivity contribution in [1.82, 2.24) is 0 Å². The summed E-state index contributed by atoms with van der Waals surface area (Å²) in [4.78, 5) is 34.2. The zero-order valence-corrected chi connectivity index (χ0v) is 11.4. The number of hydrogen-bond acceptors (Lipinski definition) is 5. The van der Waals surface area contributed by atoms with Crippen molar-refractivity contribution < 1.29 is 18.7 Å². The van der Waals surface area contributed by atoms with Crippen LogP contribution in [0.25, 0.3) is 11.0 Å².